The van der Waals surface area contributed by atoms with Gasteiger partial charge in [0.05, 0.1) is 6.33 Å². The first-order chi connectivity index (χ1) is 6.61. The van der Waals surface area contributed by atoms with E-state index in [-0.39, 0.29) is 27.3 Å². The van der Waals surface area contributed by atoms with Gasteiger partial charge in [-0.05, 0) is 0 Å². The van der Waals surface area contributed by atoms with Gasteiger partial charge in [0.1, 0.15) is 10.8 Å². The van der Waals surface area contributed by atoms with Gasteiger partial charge in [0.25, 0.3) is 5.82 Å². The SMILES string of the molecule is CS(=O)C1=Nc2nc[nH]c2C(=N)[N+]1=O. The van der Waals surface area contributed by atoms with E-state index in [9.17, 15) is 9.12 Å². The summed E-state index contributed by atoms with van der Waals surface area (Å²) in [6.45, 7) is 0. The molecule has 1 aliphatic heterocycles. The summed E-state index contributed by atoms with van der Waals surface area (Å²) in [5, 5.41) is 7.24. The minimum Gasteiger partial charge on any atom is -0.336 e. The lowest BCUT2D eigenvalue weighted by Crippen LogP contribution is -2.31. The average molecular weight is 212 g/mol. The molecule has 0 aromatic carbocycles. The summed E-state index contributed by atoms with van der Waals surface area (Å²) in [7, 11) is -1.53. The molecule has 1 aromatic heterocycles. The van der Waals surface area contributed by atoms with Gasteiger partial charge < -0.3 is 4.98 Å². The number of nitroso groups, excluding NO2 is 1. The van der Waals surface area contributed by atoms with E-state index in [0.29, 0.717) is 0 Å². The topological polar surface area (TPSA) is 102 Å². The van der Waals surface area contributed by atoms with E-state index in [1.54, 1.807) is 0 Å². The van der Waals surface area contributed by atoms with Crippen LogP contribution in [0.2, 0.25) is 0 Å². The Bertz CT molecular complexity index is 488. The molecule has 0 amide bonds. The van der Waals surface area contributed by atoms with Gasteiger partial charge in [0.15, 0.2) is 5.69 Å². The molecule has 2 N–H and O–H groups in total. The first-order valence-electron chi connectivity index (χ1n) is 3.63. The van der Waals surface area contributed by atoms with Crippen molar-refractivity contribution in [1.29, 1.82) is 5.41 Å². The van der Waals surface area contributed by atoms with E-state index in [1.165, 1.54) is 12.6 Å². The third-order valence-electron chi connectivity index (χ3n) is 1.69. The molecular weight excluding hydrogens is 206 g/mol. The van der Waals surface area contributed by atoms with Crippen LogP contribution in [0.5, 0.6) is 0 Å². The Morgan fingerprint density at radius 3 is 3.00 bits per heavy atom. The maximum atomic E-state index is 11.3. The standard InChI is InChI=1S/C6H6N5O2S/c1-14(13)6-10-5-3(8-2-9-5)4(7)11(6)12/h2,7H,1H3,(H,8,9)/q+1. The molecule has 7 nitrogen and oxygen atoms in total. The Kier molecular flexibility index (Phi) is 1.84. The number of aliphatic imine (C=N–C) groups is 1. The minimum absolute atomic E-state index is 0.199. The second-order valence-electron chi connectivity index (χ2n) is 2.59. The zero-order chi connectivity index (χ0) is 10.3. The fraction of sp³-hybridized carbons (Fsp3) is 0.167. The third-order valence-corrected chi connectivity index (χ3v) is 2.46. The van der Waals surface area contributed by atoms with Crippen LogP contribution in [0.1, 0.15) is 5.69 Å². The van der Waals surface area contributed by atoms with Crippen molar-refractivity contribution in [3.63, 3.8) is 0 Å². The number of nitrogens with zero attached hydrogens (tertiary/aromatic N) is 3. The number of hydrogen-bond acceptors (Lipinski definition) is 5. The summed E-state index contributed by atoms with van der Waals surface area (Å²) in [5.41, 5.74) is 0.245. The van der Waals surface area contributed by atoms with Gasteiger partial charge in [-0.1, -0.05) is 9.90 Å². The number of amidine groups is 2. The van der Waals surface area contributed by atoms with Crippen LogP contribution in [-0.4, -0.2) is 36.2 Å². The lowest BCUT2D eigenvalue weighted by Gasteiger charge is -2.01. The summed E-state index contributed by atoms with van der Waals surface area (Å²) in [4.78, 5) is 21.5. The molecule has 0 spiro atoms. The Labute approximate surface area is 80.8 Å². The number of H-pyrrole nitrogens is 1. The molecule has 1 atom stereocenters. The van der Waals surface area contributed by atoms with Crippen LogP contribution in [0.25, 0.3) is 0 Å². The second-order valence-corrected chi connectivity index (χ2v) is 3.87. The van der Waals surface area contributed by atoms with E-state index in [0.717, 1.165) is 0 Å². The maximum absolute atomic E-state index is 11.3. The molecule has 2 rings (SSSR count). The molecule has 0 saturated carbocycles. The molecule has 8 heteroatoms. The van der Waals surface area contributed by atoms with E-state index in [4.69, 9.17) is 5.41 Å². The van der Waals surface area contributed by atoms with Crippen LogP contribution in [0, 0.1) is 10.3 Å². The van der Waals surface area contributed by atoms with Crippen LogP contribution >= 0.6 is 0 Å². The number of aromatic nitrogens is 2. The van der Waals surface area contributed by atoms with Gasteiger partial charge in [0, 0.05) is 11.0 Å². The second kappa shape index (κ2) is 2.91. The third kappa shape index (κ3) is 1.11. The molecule has 72 valence electrons. The molecule has 14 heavy (non-hydrogen) atoms. The van der Waals surface area contributed by atoms with Crippen molar-refractivity contribution in [2.75, 3.05) is 6.26 Å². The average Bonchev–Trinajstić information content (AvgIpc) is 2.58. The number of aromatic amines is 1. The summed E-state index contributed by atoms with van der Waals surface area (Å²) in [5.74, 6) is -0.0926. The summed E-state index contributed by atoms with van der Waals surface area (Å²) < 4.78 is 11.3. The molecule has 1 unspecified atom stereocenters. The highest BCUT2D eigenvalue weighted by atomic mass is 32.2. The lowest BCUT2D eigenvalue weighted by atomic mass is 10.4. The van der Waals surface area contributed by atoms with Gasteiger partial charge in [-0.3, -0.25) is 0 Å². The van der Waals surface area contributed by atoms with Crippen LogP contribution in [0.4, 0.5) is 5.82 Å². The van der Waals surface area contributed by atoms with E-state index in [1.807, 2.05) is 0 Å². The monoisotopic (exact) mass is 212 g/mol. The number of fused-ring (bicyclic) bond motifs is 1. The maximum Gasteiger partial charge on any atom is 0.373 e. The number of rotatable bonds is 0. The molecule has 0 aliphatic carbocycles. The molecule has 0 saturated heterocycles. The molecule has 1 aromatic rings. The molecule has 0 fully saturated rings. The summed E-state index contributed by atoms with van der Waals surface area (Å²) >= 11 is 0. The Morgan fingerprint density at radius 1 is 1.64 bits per heavy atom. The first-order valence-corrected chi connectivity index (χ1v) is 5.18. The van der Waals surface area contributed by atoms with Gasteiger partial charge in [-0.25, -0.2) is 9.19 Å². The Balaban J connectivity index is 2.64. The van der Waals surface area contributed by atoms with Gasteiger partial charge in [0.2, 0.25) is 0 Å². The van der Waals surface area contributed by atoms with E-state index < -0.39 is 10.8 Å². The first kappa shape index (κ1) is 8.88. The minimum atomic E-state index is -1.53. The fourth-order valence-corrected chi connectivity index (χ4v) is 1.60. The van der Waals surface area contributed by atoms with E-state index >= 15 is 0 Å². The predicted molar refractivity (Wildman–Crippen MR) is 50.2 cm³/mol. The van der Waals surface area contributed by atoms with Gasteiger partial charge in [-0.2, -0.15) is 5.41 Å². The van der Waals surface area contributed by atoms with Crippen molar-refractivity contribution in [3.05, 3.63) is 16.9 Å². The van der Waals surface area contributed by atoms with Crippen molar-refractivity contribution in [3.8, 4) is 0 Å². The highest BCUT2D eigenvalue weighted by Gasteiger charge is 2.36. The van der Waals surface area contributed by atoms with Crippen LogP contribution in [0.15, 0.2) is 11.3 Å². The molecule has 1 aliphatic rings. The van der Waals surface area contributed by atoms with Crippen LogP contribution < -0.4 is 0 Å². The fourth-order valence-electron chi connectivity index (χ4n) is 1.06. The zero-order valence-corrected chi connectivity index (χ0v) is 7.96. The molecule has 2 heterocycles. The number of nitrogens with one attached hydrogen (secondary N) is 2. The lowest BCUT2D eigenvalue weighted by molar-refractivity contribution is -0.290. The van der Waals surface area contributed by atoms with Crippen molar-refractivity contribution in [2.24, 2.45) is 4.99 Å². The highest BCUT2D eigenvalue weighted by molar-refractivity contribution is 7.99. The Morgan fingerprint density at radius 2 is 2.36 bits per heavy atom. The smallest absolute Gasteiger partial charge is 0.336 e. The number of imidazole rings is 1. The van der Waals surface area contributed by atoms with Crippen molar-refractivity contribution < 1.29 is 8.97 Å². The van der Waals surface area contributed by atoms with Crippen molar-refractivity contribution in [2.45, 2.75) is 0 Å². The molecular formula is C6H6N5O2S+. The molecule has 0 bridgehead atoms. The van der Waals surface area contributed by atoms with Crippen LogP contribution in [0.3, 0.4) is 0 Å². The van der Waals surface area contributed by atoms with Crippen LogP contribution in [-0.2, 0) is 10.8 Å². The number of hydrogen-bond donors (Lipinski definition) is 2. The summed E-state index contributed by atoms with van der Waals surface area (Å²) in [6.07, 6.45) is 2.66. The largest absolute Gasteiger partial charge is 0.373 e. The normalized spacial score (nSPS) is 17.6. The van der Waals surface area contributed by atoms with Crippen molar-refractivity contribution in [1.82, 2.24) is 9.97 Å². The Hall–Kier alpha value is -1.70. The van der Waals surface area contributed by atoms with Gasteiger partial charge in [-0.15, -0.1) is 0 Å². The molecule has 0 radical (unpaired) electrons. The predicted octanol–water partition coefficient (Wildman–Crippen LogP) is -0.106. The van der Waals surface area contributed by atoms with E-state index in [2.05, 4.69) is 15.0 Å². The van der Waals surface area contributed by atoms with Gasteiger partial charge >= 0.3 is 11.0 Å². The zero-order valence-electron chi connectivity index (χ0n) is 7.14. The highest BCUT2D eigenvalue weighted by Crippen LogP contribution is 2.20. The van der Waals surface area contributed by atoms with Crippen molar-refractivity contribution >= 4 is 27.6 Å². The summed E-state index contributed by atoms with van der Waals surface area (Å²) in [6, 6.07) is 0. The quantitative estimate of drug-likeness (QED) is 0.586.